The van der Waals surface area contributed by atoms with Crippen LogP contribution in [0.3, 0.4) is 0 Å². The number of hydrogen-bond donors (Lipinski definition) is 1. The molecular weight excluding hydrogens is 430 g/mol. The monoisotopic (exact) mass is 459 g/mol. The van der Waals surface area contributed by atoms with Gasteiger partial charge in [0.15, 0.2) is 0 Å². The van der Waals surface area contributed by atoms with E-state index in [1.165, 1.54) is 9.91 Å². The molecule has 4 rings (SSSR count). The average Bonchev–Trinajstić information content (AvgIpc) is 2.81. The molecule has 0 aromatic heterocycles. The smallest absolute Gasteiger partial charge is 0.333 e. The van der Waals surface area contributed by atoms with Gasteiger partial charge in [-0.05, 0) is 25.0 Å². The Labute approximate surface area is 200 Å². The summed E-state index contributed by atoms with van der Waals surface area (Å²) in [6.07, 6.45) is 4.90. The molecule has 2 aliphatic rings. The van der Waals surface area contributed by atoms with Gasteiger partial charge in [-0.3, -0.25) is 9.59 Å². The molecule has 0 spiro atoms. The lowest BCUT2D eigenvalue weighted by molar-refractivity contribution is -0.188. The van der Waals surface area contributed by atoms with Crippen LogP contribution in [0.1, 0.15) is 23.6 Å². The predicted octanol–water partition coefficient (Wildman–Crippen LogP) is 1.96. The van der Waals surface area contributed by atoms with E-state index in [4.69, 9.17) is 6.42 Å². The first-order chi connectivity index (χ1) is 16.4. The van der Waals surface area contributed by atoms with Crippen molar-refractivity contribution in [3.05, 3.63) is 71.3 Å². The van der Waals surface area contributed by atoms with E-state index < -0.39 is 12.2 Å². The molecule has 1 N–H and O–H groups in total. The molecule has 34 heavy (non-hydrogen) atoms. The molecule has 1 unspecified atom stereocenters. The molecule has 0 aliphatic carbocycles. The highest BCUT2D eigenvalue weighted by Gasteiger charge is 2.49. The van der Waals surface area contributed by atoms with Crippen LogP contribution in [0.25, 0.3) is 0 Å². The number of nitrogens with zero attached hydrogens (tertiary/aromatic N) is 4. The van der Waals surface area contributed by atoms with Crippen LogP contribution in [0.15, 0.2) is 54.6 Å². The highest BCUT2D eigenvalue weighted by atomic mass is 16.2. The molecule has 0 bridgehead atoms. The summed E-state index contributed by atoms with van der Waals surface area (Å²) < 4.78 is 0. The Kier molecular flexibility index (Phi) is 6.85. The number of carbonyl (C=O) groups is 3. The quantitative estimate of drug-likeness (QED) is 0.694. The zero-order valence-corrected chi connectivity index (χ0v) is 19.5. The third kappa shape index (κ3) is 4.75. The van der Waals surface area contributed by atoms with Crippen molar-refractivity contribution in [3.8, 4) is 12.3 Å². The Bertz CT molecular complexity index is 1110. The Morgan fingerprint density at radius 2 is 1.85 bits per heavy atom. The van der Waals surface area contributed by atoms with Gasteiger partial charge in [0.25, 0.3) is 0 Å². The molecule has 2 fully saturated rings. The van der Waals surface area contributed by atoms with Crippen molar-refractivity contribution in [2.75, 3.05) is 19.6 Å². The number of rotatable bonds is 5. The van der Waals surface area contributed by atoms with Crippen LogP contribution in [-0.2, 0) is 22.7 Å². The van der Waals surface area contributed by atoms with Gasteiger partial charge in [0.1, 0.15) is 12.2 Å². The minimum atomic E-state index is -0.687. The minimum Gasteiger partial charge on any atom is -0.333 e. The summed E-state index contributed by atoms with van der Waals surface area (Å²) in [5, 5.41) is 6.03. The van der Waals surface area contributed by atoms with Crippen LogP contribution in [-0.4, -0.2) is 69.5 Å². The van der Waals surface area contributed by atoms with Gasteiger partial charge >= 0.3 is 6.03 Å². The van der Waals surface area contributed by atoms with Crippen LogP contribution >= 0.6 is 0 Å². The van der Waals surface area contributed by atoms with Crippen molar-refractivity contribution in [2.24, 2.45) is 0 Å². The maximum absolute atomic E-state index is 13.4. The lowest BCUT2D eigenvalue weighted by Crippen LogP contribution is -2.75. The summed E-state index contributed by atoms with van der Waals surface area (Å²) in [7, 11) is 0. The van der Waals surface area contributed by atoms with Crippen molar-refractivity contribution < 1.29 is 14.4 Å². The molecule has 4 amide bonds. The standard InChI is InChI=1S/C26H29N5O3/c1-4-13-29-18-24(32)30-20(3)25(33)28(16-22-12-8-9-19(2)14-22)17-23(30)31(29)26(34)27-15-21-10-6-5-7-11-21/h1,5-12,14,20,23H,13,15-18H2,2-3H3,(H,27,34)/t20-,23?/m0/s1. The van der Waals surface area contributed by atoms with E-state index in [2.05, 4.69) is 11.2 Å². The fraction of sp³-hybridized carbons (Fsp3) is 0.346. The maximum atomic E-state index is 13.4. The van der Waals surface area contributed by atoms with Crippen molar-refractivity contribution >= 4 is 17.8 Å². The summed E-state index contributed by atoms with van der Waals surface area (Å²) in [6.45, 7) is 4.70. The van der Waals surface area contributed by atoms with E-state index in [0.717, 1.165) is 16.7 Å². The molecule has 2 aliphatic heterocycles. The van der Waals surface area contributed by atoms with Gasteiger partial charge in [-0.25, -0.2) is 9.80 Å². The first-order valence-corrected chi connectivity index (χ1v) is 11.3. The highest BCUT2D eigenvalue weighted by Crippen LogP contribution is 2.27. The second-order valence-corrected chi connectivity index (χ2v) is 8.68. The number of urea groups is 1. The zero-order chi connectivity index (χ0) is 24.2. The SMILES string of the molecule is C#CCN1CC(=O)N2C(CN(Cc3cccc(C)c3)C(=O)[C@@H]2C)N1C(=O)NCc1ccccc1. The summed E-state index contributed by atoms with van der Waals surface area (Å²) in [4.78, 5) is 42.8. The van der Waals surface area contributed by atoms with Crippen LogP contribution in [0.2, 0.25) is 0 Å². The molecular formula is C26H29N5O3. The second-order valence-electron chi connectivity index (χ2n) is 8.68. The number of benzene rings is 2. The molecule has 2 atom stereocenters. The number of terminal acetylenes is 1. The van der Waals surface area contributed by atoms with E-state index in [1.807, 2.05) is 61.5 Å². The number of hydrazine groups is 1. The third-order valence-corrected chi connectivity index (χ3v) is 6.21. The number of piperazine rings is 1. The van der Waals surface area contributed by atoms with Crippen LogP contribution in [0.4, 0.5) is 4.79 Å². The van der Waals surface area contributed by atoms with Gasteiger partial charge in [0.05, 0.1) is 19.6 Å². The van der Waals surface area contributed by atoms with E-state index in [0.29, 0.717) is 13.1 Å². The van der Waals surface area contributed by atoms with Gasteiger partial charge in [-0.15, -0.1) is 6.42 Å². The summed E-state index contributed by atoms with van der Waals surface area (Å²) in [6, 6.07) is 16.5. The lowest BCUT2D eigenvalue weighted by atomic mass is 10.1. The molecule has 0 radical (unpaired) electrons. The summed E-state index contributed by atoms with van der Waals surface area (Å²) in [5.74, 6) is 2.19. The Morgan fingerprint density at radius 1 is 1.12 bits per heavy atom. The number of carbonyl (C=O) groups excluding carboxylic acids is 3. The second kappa shape index (κ2) is 9.98. The number of aryl methyl sites for hydroxylation is 1. The molecule has 0 saturated carbocycles. The summed E-state index contributed by atoms with van der Waals surface area (Å²) in [5.41, 5.74) is 3.06. The van der Waals surface area contributed by atoms with Crippen LogP contribution < -0.4 is 5.32 Å². The normalized spacial score (nSPS) is 20.7. The van der Waals surface area contributed by atoms with Gasteiger partial charge in [0, 0.05) is 13.1 Å². The van der Waals surface area contributed by atoms with E-state index >= 15 is 0 Å². The molecule has 2 saturated heterocycles. The minimum absolute atomic E-state index is 0.0606. The largest absolute Gasteiger partial charge is 0.334 e. The van der Waals surface area contributed by atoms with E-state index in [-0.39, 0.29) is 37.5 Å². The molecule has 2 aromatic rings. The third-order valence-electron chi connectivity index (χ3n) is 6.21. The molecule has 2 heterocycles. The molecule has 2 aromatic carbocycles. The lowest BCUT2D eigenvalue weighted by Gasteiger charge is -2.54. The van der Waals surface area contributed by atoms with Gasteiger partial charge in [-0.1, -0.05) is 66.1 Å². The Balaban J connectivity index is 1.60. The van der Waals surface area contributed by atoms with Crippen molar-refractivity contribution in [1.29, 1.82) is 0 Å². The van der Waals surface area contributed by atoms with Crippen molar-refractivity contribution in [2.45, 2.75) is 39.1 Å². The fourth-order valence-corrected chi connectivity index (χ4v) is 4.63. The summed E-state index contributed by atoms with van der Waals surface area (Å²) >= 11 is 0. The van der Waals surface area contributed by atoms with E-state index in [1.54, 1.807) is 16.8 Å². The number of nitrogens with one attached hydrogen (secondary N) is 1. The van der Waals surface area contributed by atoms with Gasteiger partial charge in [-0.2, -0.15) is 5.01 Å². The molecule has 8 heteroatoms. The molecule has 176 valence electrons. The van der Waals surface area contributed by atoms with Crippen LogP contribution in [0, 0.1) is 19.3 Å². The van der Waals surface area contributed by atoms with Gasteiger partial charge in [0.2, 0.25) is 11.8 Å². The van der Waals surface area contributed by atoms with E-state index in [9.17, 15) is 14.4 Å². The van der Waals surface area contributed by atoms with Crippen molar-refractivity contribution in [3.63, 3.8) is 0 Å². The molecule has 8 nitrogen and oxygen atoms in total. The van der Waals surface area contributed by atoms with Crippen molar-refractivity contribution in [1.82, 2.24) is 25.1 Å². The first-order valence-electron chi connectivity index (χ1n) is 11.3. The first kappa shape index (κ1) is 23.3. The Hall–Kier alpha value is -3.83. The fourth-order valence-electron chi connectivity index (χ4n) is 4.63. The highest BCUT2D eigenvalue weighted by molar-refractivity contribution is 5.91. The number of amides is 4. The van der Waals surface area contributed by atoms with Gasteiger partial charge < -0.3 is 15.1 Å². The predicted molar refractivity (Wildman–Crippen MR) is 128 cm³/mol. The topological polar surface area (TPSA) is 76.2 Å². The van der Waals surface area contributed by atoms with Crippen LogP contribution in [0.5, 0.6) is 0 Å². The number of hydrogen-bond acceptors (Lipinski definition) is 4. The zero-order valence-electron chi connectivity index (χ0n) is 19.5. The average molecular weight is 460 g/mol. The maximum Gasteiger partial charge on any atom is 0.334 e. The number of fused-ring (bicyclic) bond motifs is 1. The Morgan fingerprint density at radius 3 is 2.56 bits per heavy atom.